The van der Waals surface area contributed by atoms with Gasteiger partial charge < -0.3 is 4.74 Å². The Bertz CT molecular complexity index is 476. The summed E-state index contributed by atoms with van der Waals surface area (Å²) in [4.78, 5) is 2.66. The van der Waals surface area contributed by atoms with E-state index in [1.807, 2.05) is 0 Å². The molecule has 108 valence electrons. The fraction of sp³-hybridized carbons (Fsp3) is 0.556. The predicted molar refractivity (Wildman–Crippen MR) is 83.6 cm³/mol. The van der Waals surface area contributed by atoms with Crippen molar-refractivity contribution >= 4 is 6.08 Å². The molecule has 0 bridgehead atoms. The number of benzene rings is 1. The highest BCUT2D eigenvalue weighted by molar-refractivity contribution is 5.55. The second-order valence-electron chi connectivity index (χ2n) is 6.05. The van der Waals surface area contributed by atoms with Gasteiger partial charge in [0.2, 0.25) is 0 Å². The van der Waals surface area contributed by atoms with E-state index in [0.717, 1.165) is 0 Å². The highest BCUT2D eigenvalue weighted by Crippen LogP contribution is 2.32. The van der Waals surface area contributed by atoms with E-state index in [9.17, 15) is 0 Å². The summed E-state index contributed by atoms with van der Waals surface area (Å²) in [6.45, 7) is 3.30. The predicted octanol–water partition coefficient (Wildman–Crippen LogP) is 3.86. The van der Waals surface area contributed by atoms with Crippen molar-refractivity contribution in [1.82, 2.24) is 4.90 Å². The van der Waals surface area contributed by atoms with E-state index in [-0.39, 0.29) is 0 Å². The van der Waals surface area contributed by atoms with E-state index in [1.54, 1.807) is 12.7 Å². The third kappa shape index (κ3) is 3.13. The molecule has 1 aliphatic carbocycles. The van der Waals surface area contributed by atoms with Crippen LogP contribution >= 0.6 is 0 Å². The average Bonchev–Trinajstić information content (AvgIpc) is 2.40. The zero-order valence-electron chi connectivity index (χ0n) is 12.5. The molecule has 1 atom stereocenters. The van der Waals surface area contributed by atoms with Gasteiger partial charge in [0.1, 0.15) is 0 Å². The topological polar surface area (TPSA) is 12.5 Å². The Balaban J connectivity index is 1.79. The molecule has 2 aliphatic rings. The van der Waals surface area contributed by atoms with E-state index in [0.29, 0.717) is 12.6 Å². The Morgan fingerprint density at radius 2 is 2.15 bits per heavy atom. The highest BCUT2D eigenvalue weighted by Gasteiger charge is 2.28. The molecule has 0 amide bonds. The summed E-state index contributed by atoms with van der Waals surface area (Å²) in [5, 5.41) is 0. The summed E-state index contributed by atoms with van der Waals surface area (Å²) in [5.74, 6) is 0. The van der Waals surface area contributed by atoms with Crippen LogP contribution in [0.1, 0.15) is 43.2 Å². The van der Waals surface area contributed by atoms with E-state index >= 15 is 0 Å². The van der Waals surface area contributed by atoms with E-state index in [2.05, 4.69) is 35.2 Å². The lowest BCUT2D eigenvalue weighted by molar-refractivity contribution is 0.121. The van der Waals surface area contributed by atoms with Crippen LogP contribution in [0.2, 0.25) is 0 Å². The third-order valence-electron chi connectivity index (χ3n) is 4.57. The summed E-state index contributed by atoms with van der Waals surface area (Å²) in [6.07, 6.45) is 9.18. The number of nitrogens with zero attached hydrogens (tertiary/aromatic N) is 1. The second kappa shape index (κ2) is 6.55. The van der Waals surface area contributed by atoms with Gasteiger partial charge in [-0.3, -0.25) is 4.90 Å². The number of hydrogen-bond donors (Lipinski definition) is 0. The molecule has 1 aromatic carbocycles. The largest absolute Gasteiger partial charge is 0.380 e. The molecule has 0 spiro atoms. The number of rotatable bonds is 4. The summed E-state index contributed by atoms with van der Waals surface area (Å²) >= 11 is 0. The first-order valence-electron chi connectivity index (χ1n) is 7.89. The van der Waals surface area contributed by atoms with Gasteiger partial charge in [-0.25, -0.2) is 0 Å². The molecule has 0 radical (unpaired) electrons. The van der Waals surface area contributed by atoms with Gasteiger partial charge in [0.15, 0.2) is 0 Å². The van der Waals surface area contributed by atoms with Crippen LogP contribution in [0.4, 0.5) is 0 Å². The van der Waals surface area contributed by atoms with E-state index in [4.69, 9.17) is 4.74 Å². The monoisotopic (exact) mass is 271 g/mol. The van der Waals surface area contributed by atoms with Gasteiger partial charge in [-0.15, -0.1) is 0 Å². The maximum absolute atomic E-state index is 5.23. The Labute approximate surface area is 122 Å². The molecule has 1 saturated carbocycles. The molecule has 2 heteroatoms. The molecule has 2 fully saturated rings. The van der Waals surface area contributed by atoms with Gasteiger partial charge in [-0.2, -0.15) is 0 Å². The van der Waals surface area contributed by atoms with Crippen LogP contribution in [-0.4, -0.2) is 31.1 Å². The minimum Gasteiger partial charge on any atom is -0.380 e. The van der Waals surface area contributed by atoms with Crippen molar-refractivity contribution < 1.29 is 4.74 Å². The van der Waals surface area contributed by atoms with Crippen LogP contribution in [-0.2, 0) is 11.3 Å². The summed E-state index contributed by atoms with van der Waals surface area (Å²) < 4.78 is 5.23. The molecule has 1 unspecified atom stereocenters. The van der Waals surface area contributed by atoms with Crippen molar-refractivity contribution in [3.63, 3.8) is 0 Å². The molecule has 1 saturated heterocycles. The number of ether oxygens (including phenoxy) is 1. The van der Waals surface area contributed by atoms with Crippen molar-refractivity contribution in [3.8, 4) is 0 Å². The molecule has 0 N–H and O–H groups in total. The molecule has 2 nitrogen and oxygen atoms in total. The first kappa shape index (κ1) is 13.8. The number of methoxy groups -OCH3 is 1. The van der Waals surface area contributed by atoms with Gasteiger partial charge in [-0.05, 0) is 56.0 Å². The normalized spacial score (nSPS) is 25.6. The molecule has 1 heterocycles. The zero-order chi connectivity index (χ0) is 13.8. The van der Waals surface area contributed by atoms with Gasteiger partial charge >= 0.3 is 0 Å². The van der Waals surface area contributed by atoms with Crippen LogP contribution in [0, 0.1) is 0 Å². The fourth-order valence-corrected chi connectivity index (χ4v) is 3.41. The minimum atomic E-state index is 0.701. The average molecular weight is 271 g/mol. The number of hydrogen-bond acceptors (Lipinski definition) is 2. The lowest BCUT2D eigenvalue weighted by Gasteiger charge is -2.42. The van der Waals surface area contributed by atoms with E-state index < -0.39 is 0 Å². The molecular formula is C18H25NO. The Morgan fingerprint density at radius 1 is 1.25 bits per heavy atom. The third-order valence-corrected chi connectivity index (χ3v) is 4.57. The standard InChI is InChI=1S/C18H25NO/c1-20-14-16-7-4-6-15(12-16)13-17-8-2-3-9-18(17)19-10-5-11-19/h4,6-7,12-13,18H,2-3,5,8-11,14H2,1H3. The zero-order valence-corrected chi connectivity index (χ0v) is 12.5. The first-order chi connectivity index (χ1) is 9.86. The van der Waals surface area contributed by atoms with Crippen LogP contribution in [0.5, 0.6) is 0 Å². The van der Waals surface area contributed by atoms with Gasteiger partial charge in [0.25, 0.3) is 0 Å². The molecule has 3 rings (SSSR count). The first-order valence-corrected chi connectivity index (χ1v) is 7.89. The van der Waals surface area contributed by atoms with Crippen molar-refractivity contribution in [3.05, 3.63) is 41.0 Å². The lowest BCUT2D eigenvalue weighted by Crippen LogP contribution is -2.46. The van der Waals surface area contributed by atoms with Gasteiger partial charge in [0, 0.05) is 13.2 Å². The Hall–Kier alpha value is -1.12. The summed E-state index contributed by atoms with van der Waals surface area (Å²) in [5.41, 5.74) is 4.24. The second-order valence-corrected chi connectivity index (χ2v) is 6.05. The fourth-order valence-electron chi connectivity index (χ4n) is 3.41. The van der Waals surface area contributed by atoms with Gasteiger partial charge in [0.05, 0.1) is 6.61 Å². The van der Waals surface area contributed by atoms with Crippen LogP contribution < -0.4 is 0 Å². The van der Waals surface area contributed by atoms with Crippen LogP contribution in [0.25, 0.3) is 6.08 Å². The highest BCUT2D eigenvalue weighted by atomic mass is 16.5. The maximum atomic E-state index is 5.23. The van der Waals surface area contributed by atoms with Crippen molar-refractivity contribution in [2.75, 3.05) is 20.2 Å². The van der Waals surface area contributed by atoms with Crippen molar-refractivity contribution in [2.24, 2.45) is 0 Å². The Kier molecular flexibility index (Phi) is 4.54. The lowest BCUT2D eigenvalue weighted by atomic mass is 9.86. The number of likely N-dealkylation sites (tertiary alicyclic amines) is 1. The van der Waals surface area contributed by atoms with E-state index in [1.165, 1.54) is 56.3 Å². The quantitative estimate of drug-likeness (QED) is 0.824. The van der Waals surface area contributed by atoms with Crippen molar-refractivity contribution in [1.29, 1.82) is 0 Å². The van der Waals surface area contributed by atoms with Crippen molar-refractivity contribution in [2.45, 2.75) is 44.8 Å². The van der Waals surface area contributed by atoms with Crippen LogP contribution in [0.3, 0.4) is 0 Å². The maximum Gasteiger partial charge on any atom is 0.0713 e. The molecule has 0 aromatic heterocycles. The Morgan fingerprint density at radius 3 is 2.90 bits per heavy atom. The molecular weight excluding hydrogens is 246 g/mol. The van der Waals surface area contributed by atoms with Crippen LogP contribution in [0.15, 0.2) is 29.8 Å². The summed E-state index contributed by atoms with van der Waals surface area (Å²) in [7, 11) is 1.76. The molecule has 1 aromatic rings. The minimum absolute atomic E-state index is 0.701. The smallest absolute Gasteiger partial charge is 0.0713 e. The summed E-state index contributed by atoms with van der Waals surface area (Å²) in [6, 6.07) is 9.47. The molecule has 20 heavy (non-hydrogen) atoms. The van der Waals surface area contributed by atoms with Gasteiger partial charge in [-0.1, -0.05) is 36.3 Å². The molecule has 1 aliphatic heterocycles. The SMILES string of the molecule is COCc1cccc(C=C2CCCCC2N2CCC2)c1.